The third kappa shape index (κ3) is 7.42. The lowest BCUT2D eigenvalue weighted by atomic mass is 9.81. The molecule has 0 aliphatic carbocycles. The van der Waals surface area contributed by atoms with E-state index in [1.54, 1.807) is 0 Å². The van der Waals surface area contributed by atoms with Crippen LogP contribution in [0.25, 0.3) is 0 Å². The van der Waals surface area contributed by atoms with Crippen molar-refractivity contribution in [2.24, 2.45) is 17.6 Å². The molecular formula is C20H35NO. The molecule has 3 N–H and O–H groups in total. The minimum atomic E-state index is -0.532. The summed E-state index contributed by atoms with van der Waals surface area (Å²) in [6, 6.07) is 8.76. The van der Waals surface area contributed by atoms with Gasteiger partial charge in [0.05, 0.1) is 5.60 Å². The number of nitrogens with two attached hydrogens (primary N) is 1. The van der Waals surface area contributed by atoms with Gasteiger partial charge in [-0.2, -0.15) is 0 Å². The Labute approximate surface area is 137 Å². The van der Waals surface area contributed by atoms with Crippen LogP contribution in [-0.2, 0) is 12.8 Å². The lowest BCUT2D eigenvalue weighted by molar-refractivity contribution is -0.00707. The van der Waals surface area contributed by atoms with Crippen LogP contribution in [0.1, 0.15) is 64.5 Å². The molecule has 1 aromatic carbocycles. The molecule has 0 aromatic heterocycles. The zero-order chi connectivity index (χ0) is 16.6. The molecule has 0 radical (unpaired) electrons. The molecule has 0 bridgehead atoms. The fourth-order valence-electron chi connectivity index (χ4n) is 3.43. The zero-order valence-electron chi connectivity index (χ0n) is 14.9. The standard InChI is InChI=1S/C20H35NO/c1-16(2)14-20(22,15-17(3)4)11-10-19-8-5-7-18(13-19)9-6-12-21/h5,7-8,13,16-17,22H,6,9-12,14-15,21H2,1-4H3. The lowest BCUT2D eigenvalue weighted by Crippen LogP contribution is -2.33. The van der Waals surface area contributed by atoms with Gasteiger partial charge in [-0.3, -0.25) is 0 Å². The number of aliphatic hydroxyl groups is 1. The average molecular weight is 306 g/mol. The van der Waals surface area contributed by atoms with Crippen molar-refractivity contribution in [2.45, 2.75) is 71.8 Å². The first-order valence-electron chi connectivity index (χ1n) is 8.85. The molecule has 126 valence electrons. The van der Waals surface area contributed by atoms with Gasteiger partial charge in [-0.05, 0) is 68.0 Å². The summed E-state index contributed by atoms with van der Waals surface area (Å²) in [6.07, 6.45) is 5.66. The second-order valence-electron chi connectivity index (χ2n) is 7.63. The summed E-state index contributed by atoms with van der Waals surface area (Å²) in [4.78, 5) is 0. The predicted octanol–water partition coefficient (Wildman–Crippen LogP) is 4.33. The number of rotatable bonds is 10. The van der Waals surface area contributed by atoms with Crippen LogP contribution in [0.4, 0.5) is 0 Å². The summed E-state index contributed by atoms with van der Waals surface area (Å²) in [6.45, 7) is 9.52. The molecule has 0 saturated carbocycles. The lowest BCUT2D eigenvalue weighted by Gasteiger charge is -2.32. The van der Waals surface area contributed by atoms with Crippen LogP contribution in [0.5, 0.6) is 0 Å². The highest BCUT2D eigenvalue weighted by atomic mass is 16.3. The van der Waals surface area contributed by atoms with E-state index in [-0.39, 0.29) is 0 Å². The molecule has 1 aromatic rings. The van der Waals surface area contributed by atoms with E-state index in [4.69, 9.17) is 5.73 Å². The SMILES string of the molecule is CC(C)CC(O)(CCc1cccc(CCCN)c1)CC(C)C. The molecular weight excluding hydrogens is 270 g/mol. The third-order valence-electron chi connectivity index (χ3n) is 4.12. The Balaban J connectivity index is 2.67. The fourth-order valence-corrected chi connectivity index (χ4v) is 3.43. The smallest absolute Gasteiger partial charge is 0.0655 e. The molecule has 1 rings (SSSR count). The van der Waals surface area contributed by atoms with Gasteiger partial charge in [-0.15, -0.1) is 0 Å². The maximum absolute atomic E-state index is 11.0. The predicted molar refractivity (Wildman–Crippen MR) is 96.0 cm³/mol. The van der Waals surface area contributed by atoms with Gasteiger partial charge in [0, 0.05) is 0 Å². The minimum Gasteiger partial charge on any atom is -0.390 e. The number of aryl methyl sites for hydroxylation is 2. The van der Waals surface area contributed by atoms with Crippen molar-refractivity contribution in [3.63, 3.8) is 0 Å². The van der Waals surface area contributed by atoms with Crippen LogP contribution < -0.4 is 5.73 Å². The number of benzene rings is 1. The van der Waals surface area contributed by atoms with Crippen molar-refractivity contribution in [2.75, 3.05) is 6.54 Å². The van der Waals surface area contributed by atoms with Gasteiger partial charge in [-0.25, -0.2) is 0 Å². The molecule has 0 saturated heterocycles. The Hall–Kier alpha value is -0.860. The number of hydrogen-bond acceptors (Lipinski definition) is 2. The van der Waals surface area contributed by atoms with Gasteiger partial charge in [0.15, 0.2) is 0 Å². The van der Waals surface area contributed by atoms with Crippen molar-refractivity contribution in [3.05, 3.63) is 35.4 Å². The second kappa shape index (κ2) is 9.32. The summed E-state index contributed by atoms with van der Waals surface area (Å²) >= 11 is 0. The van der Waals surface area contributed by atoms with Gasteiger partial charge in [0.2, 0.25) is 0 Å². The highest BCUT2D eigenvalue weighted by Gasteiger charge is 2.28. The highest BCUT2D eigenvalue weighted by Crippen LogP contribution is 2.29. The molecule has 2 heteroatoms. The van der Waals surface area contributed by atoms with E-state index >= 15 is 0 Å². The first-order valence-corrected chi connectivity index (χ1v) is 8.85. The summed E-state index contributed by atoms with van der Waals surface area (Å²) in [7, 11) is 0. The summed E-state index contributed by atoms with van der Waals surface area (Å²) < 4.78 is 0. The minimum absolute atomic E-state index is 0.527. The van der Waals surface area contributed by atoms with Gasteiger partial charge < -0.3 is 10.8 Å². The van der Waals surface area contributed by atoms with Crippen LogP contribution in [0.3, 0.4) is 0 Å². The zero-order valence-corrected chi connectivity index (χ0v) is 14.9. The van der Waals surface area contributed by atoms with Crippen LogP contribution in [-0.4, -0.2) is 17.3 Å². The van der Waals surface area contributed by atoms with Crippen molar-refractivity contribution < 1.29 is 5.11 Å². The highest BCUT2D eigenvalue weighted by molar-refractivity contribution is 5.24. The summed E-state index contributed by atoms with van der Waals surface area (Å²) in [5.41, 5.74) is 7.75. The van der Waals surface area contributed by atoms with Crippen molar-refractivity contribution in [1.29, 1.82) is 0 Å². The summed E-state index contributed by atoms with van der Waals surface area (Å²) in [5.74, 6) is 1.05. The van der Waals surface area contributed by atoms with Crippen molar-refractivity contribution in [1.82, 2.24) is 0 Å². The largest absolute Gasteiger partial charge is 0.390 e. The first kappa shape index (κ1) is 19.2. The van der Waals surface area contributed by atoms with Crippen molar-refractivity contribution >= 4 is 0 Å². The topological polar surface area (TPSA) is 46.2 Å². The van der Waals surface area contributed by atoms with Crippen LogP contribution in [0.15, 0.2) is 24.3 Å². The molecule has 0 heterocycles. The van der Waals surface area contributed by atoms with E-state index < -0.39 is 5.60 Å². The summed E-state index contributed by atoms with van der Waals surface area (Å²) in [5, 5.41) is 11.0. The van der Waals surface area contributed by atoms with E-state index in [9.17, 15) is 5.11 Å². The quantitative estimate of drug-likeness (QED) is 0.675. The average Bonchev–Trinajstić information content (AvgIpc) is 2.42. The van der Waals surface area contributed by atoms with Crippen LogP contribution >= 0.6 is 0 Å². The van der Waals surface area contributed by atoms with Gasteiger partial charge in [0.1, 0.15) is 0 Å². The normalized spacial score (nSPS) is 12.4. The second-order valence-corrected chi connectivity index (χ2v) is 7.63. The number of hydrogen-bond donors (Lipinski definition) is 2. The van der Waals surface area contributed by atoms with Crippen LogP contribution in [0, 0.1) is 11.8 Å². The molecule has 0 unspecified atom stereocenters. The molecule has 2 nitrogen and oxygen atoms in total. The van der Waals surface area contributed by atoms with E-state index in [0.717, 1.165) is 45.1 Å². The van der Waals surface area contributed by atoms with Gasteiger partial charge in [-0.1, -0.05) is 52.0 Å². The van der Waals surface area contributed by atoms with Gasteiger partial charge >= 0.3 is 0 Å². The Morgan fingerprint density at radius 1 is 1.00 bits per heavy atom. The van der Waals surface area contributed by atoms with Crippen LogP contribution in [0.2, 0.25) is 0 Å². The molecule has 0 aliphatic rings. The Kier molecular flexibility index (Phi) is 8.13. The maximum Gasteiger partial charge on any atom is 0.0655 e. The van der Waals surface area contributed by atoms with E-state index in [1.807, 2.05) is 0 Å². The Morgan fingerprint density at radius 3 is 2.05 bits per heavy atom. The fraction of sp³-hybridized carbons (Fsp3) is 0.700. The molecule has 0 fully saturated rings. The molecule has 0 atom stereocenters. The van der Waals surface area contributed by atoms with E-state index in [0.29, 0.717) is 11.8 Å². The van der Waals surface area contributed by atoms with E-state index in [1.165, 1.54) is 11.1 Å². The maximum atomic E-state index is 11.0. The molecule has 22 heavy (non-hydrogen) atoms. The molecule has 0 spiro atoms. The van der Waals surface area contributed by atoms with Crippen molar-refractivity contribution in [3.8, 4) is 0 Å². The third-order valence-corrected chi connectivity index (χ3v) is 4.12. The molecule has 0 amide bonds. The molecule has 0 aliphatic heterocycles. The Morgan fingerprint density at radius 2 is 1.55 bits per heavy atom. The Bertz CT molecular complexity index is 415. The van der Waals surface area contributed by atoms with E-state index in [2.05, 4.69) is 52.0 Å². The van der Waals surface area contributed by atoms with Gasteiger partial charge in [0.25, 0.3) is 0 Å². The monoisotopic (exact) mass is 305 g/mol. The first-order chi connectivity index (χ1) is 10.3.